The first-order valence-electron chi connectivity index (χ1n) is 8.91. The van der Waals surface area contributed by atoms with Crippen molar-refractivity contribution < 1.29 is 9.52 Å². The van der Waals surface area contributed by atoms with Crippen LogP contribution in [-0.4, -0.2) is 17.2 Å². The number of aliphatic hydroxyl groups is 1. The predicted octanol–water partition coefficient (Wildman–Crippen LogP) is 4.64. The second-order valence-electron chi connectivity index (χ2n) is 7.57. The van der Waals surface area contributed by atoms with Gasteiger partial charge in [0, 0.05) is 29.3 Å². The Balaban J connectivity index is 1.82. The van der Waals surface area contributed by atoms with Gasteiger partial charge in [-0.15, -0.1) is 0 Å². The fraction of sp³-hybridized carbons (Fsp3) is 0.364. The number of benzene rings is 2. The number of β-amino-alcohol motifs (C(OH)–C–C–N with tert-alkyl or cyclic N) is 1. The van der Waals surface area contributed by atoms with Crippen LogP contribution in [-0.2, 0) is 12.8 Å². The molecule has 1 heterocycles. The van der Waals surface area contributed by atoms with Gasteiger partial charge in [0.2, 0.25) is 0 Å². The van der Waals surface area contributed by atoms with Gasteiger partial charge in [0.25, 0.3) is 0 Å². The molecule has 0 aliphatic heterocycles. The van der Waals surface area contributed by atoms with Crippen LogP contribution in [0, 0.1) is 0 Å². The van der Waals surface area contributed by atoms with Crippen LogP contribution in [0.25, 0.3) is 10.8 Å². The molecule has 0 aliphatic rings. The van der Waals surface area contributed by atoms with Gasteiger partial charge in [-0.3, -0.25) is 0 Å². The highest BCUT2D eigenvalue weighted by Gasteiger charge is 2.21. The molecular weight excluding hydrogens is 310 g/mol. The molecule has 1 atom stereocenters. The summed E-state index contributed by atoms with van der Waals surface area (Å²) in [7, 11) is 0. The van der Waals surface area contributed by atoms with Gasteiger partial charge in [0.05, 0.1) is 0 Å². The molecule has 3 heteroatoms. The lowest BCUT2D eigenvalue weighted by Crippen LogP contribution is -2.38. The summed E-state index contributed by atoms with van der Waals surface area (Å²) in [4.78, 5) is 0. The largest absolute Gasteiger partial charge is 0.462 e. The highest BCUT2D eigenvalue weighted by molar-refractivity contribution is 5.87. The normalized spacial score (nSPS) is 13.3. The van der Waals surface area contributed by atoms with Crippen LogP contribution in [0.15, 0.2) is 59.0 Å². The van der Waals surface area contributed by atoms with E-state index in [1.165, 1.54) is 5.56 Å². The Morgan fingerprint density at radius 2 is 1.56 bits per heavy atom. The number of hydrogen-bond acceptors (Lipinski definition) is 3. The molecule has 0 aliphatic carbocycles. The first-order chi connectivity index (χ1) is 11.9. The van der Waals surface area contributed by atoms with Crippen LogP contribution in [0.4, 0.5) is 0 Å². The Kier molecular flexibility index (Phi) is 5.26. The summed E-state index contributed by atoms with van der Waals surface area (Å²) < 4.78 is 6.12. The Morgan fingerprint density at radius 3 is 2.24 bits per heavy atom. The van der Waals surface area contributed by atoms with Gasteiger partial charge in [0.15, 0.2) is 0 Å². The maximum Gasteiger partial charge on any atom is 0.141 e. The quantitative estimate of drug-likeness (QED) is 0.689. The van der Waals surface area contributed by atoms with Crippen molar-refractivity contribution >= 4 is 10.8 Å². The minimum Gasteiger partial charge on any atom is -0.462 e. The van der Waals surface area contributed by atoms with Crippen LogP contribution in [0.1, 0.15) is 44.0 Å². The summed E-state index contributed by atoms with van der Waals surface area (Å²) in [5.41, 5.74) is 1.25. The smallest absolute Gasteiger partial charge is 0.141 e. The van der Waals surface area contributed by atoms with Crippen LogP contribution in [0.3, 0.4) is 0 Å². The number of hydrogen-bond donors (Lipinski definition) is 2. The van der Waals surface area contributed by atoms with Crippen molar-refractivity contribution in [2.45, 2.75) is 45.3 Å². The summed E-state index contributed by atoms with van der Waals surface area (Å²) in [6.07, 6.45) is 1.09. The lowest BCUT2D eigenvalue weighted by atomic mass is 10.0. The van der Waals surface area contributed by atoms with E-state index in [4.69, 9.17) is 4.42 Å². The van der Waals surface area contributed by atoms with Gasteiger partial charge >= 0.3 is 0 Å². The molecule has 25 heavy (non-hydrogen) atoms. The predicted molar refractivity (Wildman–Crippen MR) is 103 cm³/mol. The highest BCUT2D eigenvalue weighted by atomic mass is 16.4. The van der Waals surface area contributed by atoms with Crippen molar-refractivity contribution in [2.24, 2.45) is 0 Å². The van der Waals surface area contributed by atoms with Crippen molar-refractivity contribution in [1.29, 1.82) is 0 Å². The van der Waals surface area contributed by atoms with E-state index in [1.54, 1.807) is 0 Å². The Morgan fingerprint density at radius 1 is 0.920 bits per heavy atom. The fourth-order valence-electron chi connectivity index (χ4n) is 3.02. The van der Waals surface area contributed by atoms with E-state index in [0.717, 1.165) is 29.4 Å². The maximum atomic E-state index is 10.6. The second kappa shape index (κ2) is 7.42. The van der Waals surface area contributed by atoms with Crippen LogP contribution in [0.2, 0.25) is 0 Å². The molecule has 0 fully saturated rings. The third-order valence-electron chi connectivity index (χ3n) is 4.34. The maximum absolute atomic E-state index is 10.6. The van der Waals surface area contributed by atoms with Crippen LogP contribution < -0.4 is 5.32 Å². The average Bonchev–Trinajstić information content (AvgIpc) is 2.97. The van der Waals surface area contributed by atoms with Crippen molar-refractivity contribution in [2.75, 3.05) is 6.54 Å². The summed E-state index contributed by atoms with van der Waals surface area (Å²) in [5.74, 6) is 1.61. The van der Waals surface area contributed by atoms with Crippen molar-refractivity contribution in [1.82, 2.24) is 5.32 Å². The average molecular weight is 337 g/mol. The minimum absolute atomic E-state index is 0.0421. The first kappa shape index (κ1) is 17.7. The molecule has 0 amide bonds. The lowest BCUT2D eigenvalue weighted by Gasteiger charge is -2.22. The molecule has 3 nitrogen and oxygen atoms in total. The van der Waals surface area contributed by atoms with Crippen molar-refractivity contribution in [3.05, 3.63) is 71.7 Å². The van der Waals surface area contributed by atoms with Crippen molar-refractivity contribution in [3.8, 4) is 0 Å². The molecule has 132 valence electrons. The van der Waals surface area contributed by atoms with E-state index < -0.39 is 6.10 Å². The SMILES string of the molecule is CC(C)(C)NCC(O)c1oc(CCc2ccccc2)c2ccccc12. The van der Waals surface area contributed by atoms with Gasteiger partial charge in [-0.05, 0) is 32.8 Å². The summed E-state index contributed by atoms with van der Waals surface area (Å²) in [5, 5.41) is 16.1. The Hall–Kier alpha value is -2.10. The van der Waals surface area contributed by atoms with Gasteiger partial charge in [0.1, 0.15) is 17.6 Å². The highest BCUT2D eigenvalue weighted by Crippen LogP contribution is 2.31. The van der Waals surface area contributed by atoms with E-state index in [2.05, 4.69) is 56.4 Å². The molecule has 3 aromatic rings. The van der Waals surface area contributed by atoms with Gasteiger partial charge in [-0.1, -0.05) is 54.6 Å². The van der Waals surface area contributed by atoms with Gasteiger partial charge < -0.3 is 14.8 Å². The fourth-order valence-corrected chi connectivity index (χ4v) is 3.02. The van der Waals surface area contributed by atoms with Crippen LogP contribution in [0.5, 0.6) is 0 Å². The second-order valence-corrected chi connectivity index (χ2v) is 7.57. The molecule has 0 saturated heterocycles. The molecule has 0 spiro atoms. The Bertz CT molecular complexity index is 815. The van der Waals surface area contributed by atoms with Gasteiger partial charge in [-0.25, -0.2) is 0 Å². The number of aliphatic hydroxyl groups excluding tert-OH is 1. The van der Waals surface area contributed by atoms with E-state index in [-0.39, 0.29) is 5.54 Å². The monoisotopic (exact) mass is 337 g/mol. The minimum atomic E-state index is -0.658. The first-order valence-corrected chi connectivity index (χ1v) is 8.91. The number of furan rings is 1. The number of aryl methyl sites for hydroxylation is 2. The van der Waals surface area contributed by atoms with Crippen LogP contribution >= 0.6 is 0 Å². The van der Waals surface area contributed by atoms with Gasteiger partial charge in [-0.2, -0.15) is 0 Å². The Labute approximate surface area is 149 Å². The standard InChI is InChI=1S/C22H27NO2/c1-22(2,3)23-15-19(24)21-18-12-8-7-11-17(18)20(25-21)14-13-16-9-5-4-6-10-16/h4-12,19,23-24H,13-15H2,1-3H3. The summed E-state index contributed by atoms with van der Waals surface area (Å²) >= 11 is 0. The summed E-state index contributed by atoms with van der Waals surface area (Å²) in [6, 6.07) is 18.5. The molecule has 1 unspecified atom stereocenters. The zero-order valence-corrected chi connectivity index (χ0v) is 15.3. The third kappa shape index (κ3) is 4.50. The summed E-state index contributed by atoms with van der Waals surface area (Å²) in [6.45, 7) is 6.74. The lowest BCUT2D eigenvalue weighted by molar-refractivity contribution is 0.138. The van der Waals surface area contributed by atoms with E-state index in [1.807, 2.05) is 24.3 Å². The molecule has 2 N–H and O–H groups in total. The topological polar surface area (TPSA) is 45.4 Å². The van der Waals surface area contributed by atoms with E-state index in [9.17, 15) is 5.11 Å². The molecule has 0 bridgehead atoms. The van der Waals surface area contributed by atoms with E-state index >= 15 is 0 Å². The van der Waals surface area contributed by atoms with E-state index in [0.29, 0.717) is 12.3 Å². The zero-order chi connectivity index (χ0) is 17.9. The number of nitrogens with one attached hydrogen (secondary N) is 1. The molecule has 0 saturated carbocycles. The molecule has 3 rings (SSSR count). The molecule has 0 radical (unpaired) electrons. The zero-order valence-electron chi connectivity index (χ0n) is 15.3. The number of rotatable bonds is 6. The molecule has 1 aromatic heterocycles. The molecule has 2 aromatic carbocycles. The van der Waals surface area contributed by atoms with Crippen molar-refractivity contribution in [3.63, 3.8) is 0 Å². The third-order valence-corrected chi connectivity index (χ3v) is 4.34. The number of fused-ring (bicyclic) bond motifs is 1. The molecular formula is C22H27NO2.